The molecule has 1 heterocycles. The van der Waals surface area contributed by atoms with E-state index in [0.29, 0.717) is 22.0 Å². The standard InChI is InChI=1S/C20H24ClN3O/c1-3-5-8-14-12-13-18(20(25)15(14)9-6-4-2)24-17-11-7-10-16(21)19(17)22-23-24/h7,10-13,25H,3-6,8-9H2,1-2H3. The largest absolute Gasteiger partial charge is 0.505 e. The molecule has 0 aliphatic rings. The van der Waals surface area contributed by atoms with Crippen molar-refractivity contribution in [3.05, 3.63) is 46.5 Å². The van der Waals surface area contributed by atoms with E-state index >= 15 is 0 Å². The highest BCUT2D eigenvalue weighted by Gasteiger charge is 2.17. The molecule has 2 aromatic carbocycles. The van der Waals surface area contributed by atoms with Gasteiger partial charge in [0.15, 0.2) is 0 Å². The molecule has 0 aliphatic carbocycles. The highest BCUT2D eigenvalue weighted by atomic mass is 35.5. The van der Waals surface area contributed by atoms with E-state index in [4.69, 9.17) is 11.6 Å². The van der Waals surface area contributed by atoms with Crippen LogP contribution in [0.3, 0.4) is 0 Å². The molecule has 0 saturated heterocycles. The number of unbranched alkanes of at least 4 members (excludes halogenated alkanes) is 2. The van der Waals surface area contributed by atoms with Crippen LogP contribution in [0.15, 0.2) is 30.3 Å². The van der Waals surface area contributed by atoms with Gasteiger partial charge < -0.3 is 5.11 Å². The molecule has 132 valence electrons. The van der Waals surface area contributed by atoms with Crippen LogP contribution >= 0.6 is 11.6 Å². The van der Waals surface area contributed by atoms with E-state index in [1.807, 2.05) is 18.2 Å². The normalized spacial score (nSPS) is 11.3. The van der Waals surface area contributed by atoms with Crippen molar-refractivity contribution in [1.29, 1.82) is 0 Å². The van der Waals surface area contributed by atoms with Crippen molar-refractivity contribution in [2.24, 2.45) is 0 Å². The van der Waals surface area contributed by atoms with Crippen LogP contribution < -0.4 is 0 Å². The van der Waals surface area contributed by atoms with Crippen LogP contribution in [0.25, 0.3) is 16.7 Å². The molecule has 5 heteroatoms. The Hall–Kier alpha value is -2.07. The van der Waals surface area contributed by atoms with Gasteiger partial charge in [0.2, 0.25) is 0 Å². The van der Waals surface area contributed by atoms with Crippen LogP contribution in [0, 0.1) is 0 Å². The van der Waals surface area contributed by atoms with Gasteiger partial charge in [-0.2, -0.15) is 0 Å². The van der Waals surface area contributed by atoms with E-state index in [1.54, 1.807) is 10.7 Å². The summed E-state index contributed by atoms with van der Waals surface area (Å²) in [5, 5.41) is 19.9. The van der Waals surface area contributed by atoms with Gasteiger partial charge in [0.1, 0.15) is 17.0 Å². The first kappa shape index (κ1) is 17.7. The molecule has 0 aliphatic heterocycles. The van der Waals surface area contributed by atoms with Gasteiger partial charge in [-0.15, -0.1) is 5.10 Å². The summed E-state index contributed by atoms with van der Waals surface area (Å²) in [5.74, 6) is 0.314. The number of hydrogen-bond acceptors (Lipinski definition) is 3. The van der Waals surface area contributed by atoms with E-state index in [9.17, 15) is 5.11 Å². The fourth-order valence-electron chi connectivity index (χ4n) is 3.16. The number of aryl methyl sites for hydroxylation is 1. The minimum absolute atomic E-state index is 0.314. The van der Waals surface area contributed by atoms with E-state index in [-0.39, 0.29) is 0 Å². The molecule has 25 heavy (non-hydrogen) atoms. The van der Waals surface area contributed by atoms with Gasteiger partial charge in [-0.25, -0.2) is 4.68 Å². The zero-order valence-electron chi connectivity index (χ0n) is 14.8. The van der Waals surface area contributed by atoms with E-state index in [0.717, 1.165) is 49.6 Å². The van der Waals surface area contributed by atoms with Gasteiger partial charge in [0, 0.05) is 0 Å². The lowest BCUT2D eigenvalue weighted by Crippen LogP contribution is -2.03. The zero-order chi connectivity index (χ0) is 17.8. The van der Waals surface area contributed by atoms with Crippen molar-refractivity contribution in [2.75, 3.05) is 0 Å². The number of benzene rings is 2. The molecule has 0 radical (unpaired) electrons. The van der Waals surface area contributed by atoms with Gasteiger partial charge in [-0.1, -0.05) is 55.6 Å². The van der Waals surface area contributed by atoms with Crippen molar-refractivity contribution in [2.45, 2.75) is 52.4 Å². The number of hydrogen-bond donors (Lipinski definition) is 1. The van der Waals surface area contributed by atoms with Gasteiger partial charge in [0.05, 0.1) is 10.5 Å². The van der Waals surface area contributed by atoms with Gasteiger partial charge in [0.25, 0.3) is 0 Å². The van der Waals surface area contributed by atoms with Gasteiger partial charge in [-0.3, -0.25) is 0 Å². The van der Waals surface area contributed by atoms with Crippen molar-refractivity contribution < 1.29 is 5.11 Å². The van der Waals surface area contributed by atoms with Crippen LogP contribution in [0.5, 0.6) is 5.75 Å². The molecule has 0 fully saturated rings. The Morgan fingerprint density at radius 3 is 2.56 bits per heavy atom. The van der Waals surface area contributed by atoms with Crippen LogP contribution in [-0.2, 0) is 12.8 Å². The number of phenolic OH excluding ortho intramolecular Hbond substituents is 1. The molecule has 0 saturated carbocycles. The molecular weight excluding hydrogens is 334 g/mol. The maximum Gasteiger partial charge on any atom is 0.144 e. The minimum atomic E-state index is 0.314. The summed E-state index contributed by atoms with van der Waals surface area (Å²) >= 11 is 6.20. The predicted molar refractivity (Wildman–Crippen MR) is 103 cm³/mol. The van der Waals surface area contributed by atoms with Crippen molar-refractivity contribution in [1.82, 2.24) is 15.0 Å². The molecule has 0 amide bonds. The smallest absolute Gasteiger partial charge is 0.144 e. The van der Waals surface area contributed by atoms with Crippen LogP contribution in [0.4, 0.5) is 0 Å². The lowest BCUT2D eigenvalue weighted by atomic mass is 9.96. The SMILES string of the molecule is CCCCc1ccc(-n2nnc3c(Cl)cccc32)c(O)c1CCCC. The zero-order valence-corrected chi connectivity index (χ0v) is 15.6. The minimum Gasteiger partial charge on any atom is -0.505 e. The Morgan fingerprint density at radius 2 is 1.80 bits per heavy atom. The molecule has 0 unspecified atom stereocenters. The third-order valence-electron chi connectivity index (χ3n) is 4.59. The van der Waals surface area contributed by atoms with Gasteiger partial charge in [-0.05, 0) is 55.0 Å². The number of aromatic nitrogens is 3. The van der Waals surface area contributed by atoms with E-state index in [2.05, 4.69) is 30.2 Å². The second-order valence-electron chi connectivity index (χ2n) is 6.39. The first-order valence-electron chi connectivity index (χ1n) is 9.01. The molecule has 3 aromatic rings. The molecule has 1 N–H and O–H groups in total. The highest BCUT2D eigenvalue weighted by Crippen LogP contribution is 2.33. The quantitative estimate of drug-likeness (QED) is 0.610. The van der Waals surface area contributed by atoms with Crippen LogP contribution in [-0.4, -0.2) is 20.1 Å². The van der Waals surface area contributed by atoms with E-state index < -0.39 is 0 Å². The average molecular weight is 358 g/mol. The maximum atomic E-state index is 11.0. The lowest BCUT2D eigenvalue weighted by molar-refractivity contribution is 0.460. The Balaban J connectivity index is 2.10. The van der Waals surface area contributed by atoms with Crippen molar-refractivity contribution in [3.63, 3.8) is 0 Å². The molecule has 1 aromatic heterocycles. The second-order valence-corrected chi connectivity index (χ2v) is 6.79. The summed E-state index contributed by atoms with van der Waals surface area (Å²) in [6.07, 6.45) is 6.29. The molecular formula is C20H24ClN3O. The summed E-state index contributed by atoms with van der Waals surface area (Å²) in [5.41, 5.74) is 4.38. The third kappa shape index (κ3) is 3.49. The summed E-state index contributed by atoms with van der Waals surface area (Å²) in [6.45, 7) is 4.35. The summed E-state index contributed by atoms with van der Waals surface area (Å²) in [6, 6.07) is 9.63. The van der Waals surface area contributed by atoms with Gasteiger partial charge >= 0.3 is 0 Å². The molecule has 0 spiro atoms. The lowest BCUT2D eigenvalue weighted by Gasteiger charge is -2.15. The summed E-state index contributed by atoms with van der Waals surface area (Å²) in [7, 11) is 0. The average Bonchev–Trinajstić information content (AvgIpc) is 3.04. The Kier molecular flexibility index (Phi) is 5.59. The second kappa shape index (κ2) is 7.87. The fourth-order valence-corrected chi connectivity index (χ4v) is 3.37. The predicted octanol–water partition coefficient (Wildman–Crippen LogP) is 5.46. The molecule has 0 atom stereocenters. The third-order valence-corrected chi connectivity index (χ3v) is 4.90. The van der Waals surface area contributed by atoms with Crippen molar-refractivity contribution in [3.8, 4) is 11.4 Å². The number of rotatable bonds is 7. The monoisotopic (exact) mass is 357 g/mol. The molecule has 3 rings (SSSR count). The first-order valence-corrected chi connectivity index (χ1v) is 9.39. The molecule has 0 bridgehead atoms. The first-order chi connectivity index (χ1) is 12.2. The summed E-state index contributed by atoms with van der Waals surface area (Å²) < 4.78 is 1.68. The Morgan fingerprint density at radius 1 is 1.04 bits per heavy atom. The number of aromatic hydroxyl groups is 1. The topological polar surface area (TPSA) is 50.9 Å². The Labute approximate surface area is 153 Å². The van der Waals surface area contributed by atoms with Crippen molar-refractivity contribution >= 4 is 22.6 Å². The number of fused-ring (bicyclic) bond motifs is 1. The fraction of sp³-hybridized carbons (Fsp3) is 0.400. The number of halogens is 1. The number of nitrogens with zero attached hydrogens (tertiary/aromatic N) is 3. The van der Waals surface area contributed by atoms with Crippen LogP contribution in [0.2, 0.25) is 5.02 Å². The molecule has 4 nitrogen and oxygen atoms in total. The highest BCUT2D eigenvalue weighted by molar-refractivity contribution is 6.34. The van der Waals surface area contributed by atoms with E-state index in [1.165, 1.54) is 5.56 Å². The number of phenols is 1. The van der Waals surface area contributed by atoms with Crippen LogP contribution in [0.1, 0.15) is 50.7 Å². The summed E-state index contributed by atoms with van der Waals surface area (Å²) in [4.78, 5) is 0. The maximum absolute atomic E-state index is 11.0. The Bertz CT molecular complexity index is 873.